The van der Waals surface area contributed by atoms with Crippen LogP contribution in [-0.2, 0) is 19.6 Å². The van der Waals surface area contributed by atoms with Gasteiger partial charge in [0.25, 0.3) is 0 Å². The molecule has 0 aliphatic carbocycles. The molecule has 1 saturated heterocycles. The molecular formula is C15H21NO4S. The Hall–Kier alpha value is -1.40. The maximum Gasteiger partial charge on any atom is 0.308 e. The molecule has 0 saturated carbocycles. The van der Waals surface area contributed by atoms with Gasteiger partial charge in [-0.1, -0.05) is 17.7 Å². The first kappa shape index (κ1) is 16.0. The Bertz CT molecular complexity index is 595. The number of esters is 1. The maximum atomic E-state index is 12.6. The lowest BCUT2D eigenvalue weighted by molar-refractivity contribution is -0.145. The van der Waals surface area contributed by atoms with E-state index in [4.69, 9.17) is 4.74 Å². The van der Waals surface area contributed by atoms with E-state index in [1.807, 2.05) is 6.92 Å². The molecule has 1 atom stereocenters. The van der Waals surface area contributed by atoms with Crippen molar-refractivity contribution >= 4 is 16.0 Å². The van der Waals surface area contributed by atoms with Crippen molar-refractivity contribution in [3.05, 3.63) is 29.8 Å². The topological polar surface area (TPSA) is 63.7 Å². The van der Waals surface area contributed by atoms with E-state index in [0.29, 0.717) is 37.2 Å². The highest BCUT2D eigenvalue weighted by Gasteiger charge is 2.30. The van der Waals surface area contributed by atoms with Crippen LogP contribution < -0.4 is 0 Å². The van der Waals surface area contributed by atoms with Gasteiger partial charge in [0.05, 0.1) is 17.9 Å². The number of sulfonamides is 1. The minimum absolute atomic E-state index is 0.201. The Kier molecular flexibility index (Phi) is 5.00. The zero-order valence-corrected chi connectivity index (χ0v) is 13.2. The largest absolute Gasteiger partial charge is 0.469 e. The van der Waals surface area contributed by atoms with Crippen LogP contribution in [0.2, 0.25) is 0 Å². The number of carbonyl (C=O) groups is 1. The van der Waals surface area contributed by atoms with Crippen molar-refractivity contribution in [1.82, 2.24) is 4.31 Å². The van der Waals surface area contributed by atoms with E-state index in [1.54, 1.807) is 24.3 Å². The highest BCUT2D eigenvalue weighted by molar-refractivity contribution is 7.89. The summed E-state index contributed by atoms with van der Waals surface area (Å²) in [5.74, 6) is -0.446. The van der Waals surface area contributed by atoms with Crippen molar-refractivity contribution < 1.29 is 17.9 Å². The molecule has 5 nitrogen and oxygen atoms in total. The van der Waals surface area contributed by atoms with Crippen molar-refractivity contribution in [2.24, 2.45) is 5.92 Å². The van der Waals surface area contributed by atoms with Gasteiger partial charge in [-0.3, -0.25) is 4.79 Å². The predicted octanol–water partition coefficient (Wildman–Crippen LogP) is 1.96. The lowest BCUT2D eigenvalue weighted by Gasteiger charge is -2.20. The number of rotatable bonds is 3. The van der Waals surface area contributed by atoms with Crippen LogP contribution in [0.1, 0.15) is 24.8 Å². The molecule has 1 fully saturated rings. The zero-order chi connectivity index (χ0) is 15.5. The van der Waals surface area contributed by atoms with Gasteiger partial charge in [-0.25, -0.2) is 8.42 Å². The number of hydrogen-bond acceptors (Lipinski definition) is 4. The molecule has 1 aromatic rings. The standard InChI is InChI=1S/C15H21NO4S/c1-12-5-7-14(8-6-12)21(18,19)16-10-3-4-13(9-11-16)15(17)20-2/h5-8,13H,3-4,9-11H2,1-2H3. The summed E-state index contributed by atoms with van der Waals surface area (Å²) < 4.78 is 31.4. The SMILES string of the molecule is COC(=O)C1CCCN(S(=O)(=O)c2ccc(C)cc2)CC1. The van der Waals surface area contributed by atoms with Gasteiger partial charge < -0.3 is 4.74 Å². The zero-order valence-electron chi connectivity index (χ0n) is 12.4. The van der Waals surface area contributed by atoms with Crippen molar-refractivity contribution in [3.8, 4) is 0 Å². The first-order chi connectivity index (χ1) is 9.95. The Morgan fingerprint density at radius 2 is 1.86 bits per heavy atom. The highest BCUT2D eigenvalue weighted by Crippen LogP contribution is 2.24. The summed E-state index contributed by atoms with van der Waals surface area (Å²) in [6.45, 7) is 2.73. The number of benzene rings is 1. The van der Waals surface area contributed by atoms with Crippen LogP contribution in [0.5, 0.6) is 0 Å². The van der Waals surface area contributed by atoms with Crippen LogP contribution in [0.4, 0.5) is 0 Å². The Labute approximate surface area is 126 Å². The number of nitrogens with zero attached hydrogens (tertiary/aromatic N) is 1. The third-order valence-corrected chi connectivity index (χ3v) is 5.79. The summed E-state index contributed by atoms with van der Waals surface area (Å²) in [6.07, 6.45) is 1.86. The summed E-state index contributed by atoms with van der Waals surface area (Å²) in [7, 11) is -2.11. The average molecular weight is 311 g/mol. The lowest BCUT2D eigenvalue weighted by Crippen LogP contribution is -2.32. The molecule has 1 aliphatic rings. The van der Waals surface area contributed by atoms with Crippen LogP contribution in [0.25, 0.3) is 0 Å². The summed E-state index contributed by atoms with van der Waals surface area (Å²) in [6, 6.07) is 6.85. The van der Waals surface area contributed by atoms with E-state index in [9.17, 15) is 13.2 Å². The molecule has 1 aliphatic heterocycles. The van der Waals surface area contributed by atoms with E-state index >= 15 is 0 Å². The number of hydrogen-bond donors (Lipinski definition) is 0. The van der Waals surface area contributed by atoms with Gasteiger partial charge in [-0.05, 0) is 38.3 Å². The van der Waals surface area contributed by atoms with Crippen molar-refractivity contribution in [1.29, 1.82) is 0 Å². The fraction of sp³-hybridized carbons (Fsp3) is 0.533. The molecule has 1 aromatic carbocycles. The summed E-state index contributed by atoms with van der Waals surface area (Å²) >= 11 is 0. The van der Waals surface area contributed by atoms with Crippen molar-refractivity contribution in [3.63, 3.8) is 0 Å². The molecule has 0 N–H and O–H groups in total. The first-order valence-corrected chi connectivity index (χ1v) is 8.54. The number of ether oxygens (including phenoxy) is 1. The molecule has 0 amide bonds. The normalized spacial score (nSPS) is 20.8. The monoisotopic (exact) mass is 311 g/mol. The second-order valence-corrected chi connectivity index (χ2v) is 7.31. The number of carbonyl (C=O) groups excluding carboxylic acids is 1. The molecule has 116 valence electrons. The van der Waals surface area contributed by atoms with Gasteiger partial charge >= 0.3 is 5.97 Å². The second kappa shape index (κ2) is 6.58. The van der Waals surface area contributed by atoms with Crippen molar-refractivity contribution in [2.45, 2.75) is 31.1 Å². The summed E-state index contributed by atoms with van der Waals surface area (Å²) in [5.41, 5.74) is 1.02. The third kappa shape index (κ3) is 3.63. The van der Waals surface area contributed by atoms with Crippen LogP contribution in [0.3, 0.4) is 0 Å². The molecule has 1 heterocycles. The smallest absolute Gasteiger partial charge is 0.308 e. The second-order valence-electron chi connectivity index (χ2n) is 5.37. The van der Waals surface area contributed by atoms with Gasteiger partial charge in [0.1, 0.15) is 0 Å². The lowest BCUT2D eigenvalue weighted by atomic mass is 10.0. The van der Waals surface area contributed by atoms with Gasteiger partial charge in [0.2, 0.25) is 10.0 Å². The third-order valence-electron chi connectivity index (χ3n) is 3.88. The minimum atomic E-state index is -3.48. The molecule has 1 unspecified atom stereocenters. The fourth-order valence-corrected chi connectivity index (χ4v) is 4.07. The van der Waals surface area contributed by atoms with E-state index in [2.05, 4.69) is 0 Å². The Morgan fingerprint density at radius 3 is 2.48 bits per heavy atom. The average Bonchev–Trinajstić information content (AvgIpc) is 2.73. The number of methoxy groups -OCH3 is 1. The molecule has 0 aromatic heterocycles. The maximum absolute atomic E-state index is 12.6. The Balaban J connectivity index is 2.14. The van der Waals surface area contributed by atoms with Gasteiger partial charge in [-0.2, -0.15) is 4.31 Å². The van der Waals surface area contributed by atoms with Crippen molar-refractivity contribution in [2.75, 3.05) is 20.2 Å². The van der Waals surface area contributed by atoms with Gasteiger partial charge in [0, 0.05) is 13.1 Å². The van der Waals surface area contributed by atoms with E-state index in [0.717, 1.165) is 5.56 Å². The highest BCUT2D eigenvalue weighted by atomic mass is 32.2. The molecule has 0 radical (unpaired) electrons. The van der Waals surface area contributed by atoms with E-state index in [1.165, 1.54) is 11.4 Å². The minimum Gasteiger partial charge on any atom is -0.469 e. The van der Waals surface area contributed by atoms with Crippen LogP contribution in [0.15, 0.2) is 29.2 Å². The van der Waals surface area contributed by atoms with Gasteiger partial charge in [-0.15, -0.1) is 0 Å². The van der Waals surface area contributed by atoms with Crippen LogP contribution >= 0.6 is 0 Å². The molecule has 2 rings (SSSR count). The summed E-state index contributed by atoms with van der Waals surface area (Å²) in [5, 5.41) is 0. The quantitative estimate of drug-likeness (QED) is 0.801. The predicted molar refractivity (Wildman–Crippen MR) is 79.3 cm³/mol. The molecular weight excluding hydrogens is 290 g/mol. The Morgan fingerprint density at radius 1 is 1.19 bits per heavy atom. The molecule has 0 bridgehead atoms. The fourth-order valence-electron chi connectivity index (χ4n) is 2.57. The molecule has 6 heteroatoms. The molecule has 21 heavy (non-hydrogen) atoms. The van der Waals surface area contributed by atoms with E-state index < -0.39 is 10.0 Å². The van der Waals surface area contributed by atoms with E-state index in [-0.39, 0.29) is 11.9 Å². The number of aryl methyl sites for hydroxylation is 1. The summed E-state index contributed by atoms with van der Waals surface area (Å²) in [4.78, 5) is 11.9. The molecule has 0 spiro atoms. The van der Waals surface area contributed by atoms with Crippen LogP contribution in [-0.4, -0.2) is 38.9 Å². The van der Waals surface area contributed by atoms with Gasteiger partial charge in [0.15, 0.2) is 0 Å². The first-order valence-electron chi connectivity index (χ1n) is 7.10. The van der Waals surface area contributed by atoms with Crippen LogP contribution in [0, 0.1) is 12.8 Å².